The van der Waals surface area contributed by atoms with Crippen LogP contribution >= 0.6 is 27.3 Å². The van der Waals surface area contributed by atoms with E-state index in [1.807, 2.05) is 36.4 Å². The summed E-state index contributed by atoms with van der Waals surface area (Å²) in [5.74, 6) is 0.657. The molecule has 1 N–H and O–H groups in total. The van der Waals surface area contributed by atoms with Gasteiger partial charge in [-0.05, 0) is 22.6 Å². The van der Waals surface area contributed by atoms with E-state index in [0.717, 1.165) is 31.9 Å². The molecule has 23 heavy (non-hydrogen) atoms. The summed E-state index contributed by atoms with van der Waals surface area (Å²) in [4.78, 5) is 4.73. The molecule has 0 unspecified atom stereocenters. The summed E-state index contributed by atoms with van der Waals surface area (Å²) < 4.78 is 1.05. The number of rotatable bonds is 3. The Morgan fingerprint density at radius 1 is 0.957 bits per heavy atom. The van der Waals surface area contributed by atoms with Crippen LogP contribution < -0.4 is 0 Å². The van der Waals surface area contributed by atoms with Crippen molar-refractivity contribution in [3.8, 4) is 33.2 Å². The van der Waals surface area contributed by atoms with Crippen LogP contribution in [0.2, 0.25) is 0 Å². The number of hydrogen-bond acceptors (Lipinski definition) is 5. The van der Waals surface area contributed by atoms with E-state index < -0.39 is 0 Å². The zero-order valence-electron chi connectivity index (χ0n) is 11.8. The lowest BCUT2D eigenvalue weighted by molar-refractivity contribution is 0.881. The average molecular weight is 384 g/mol. The third kappa shape index (κ3) is 2.93. The number of thiazole rings is 1. The van der Waals surface area contributed by atoms with E-state index in [1.165, 1.54) is 0 Å². The Balaban J connectivity index is 1.64. The minimum absolute atomic E-state index is 0.657. The molecule has 112 valence electrons. The second-order valence-corrected chi connectivity index (χ2v) is 6.65. The molecule has 0 fully saturated rings. The first-order valence-electron chi connectivity index (χ1n) is 6.85. The number of tetrazole rings is 1. The number of benzene rings is 2. The molecule has 4 rings (SSSR count). The van der Waals surface area contributed by atoms with Gasteiger partial charge in [-0.1, -0.05) is 52.3 Å². The van der Waals surface area contributed by atoms with Gasteiger partial charge in [0.2, 0.25) is 0 Å². The molecule has 0 aliphatic rings. The fourth-order valence-corrected chi connectivity index (χ4v) is 3.47. The zero-order chi connectivity index (χ0) is 15.6. The van der Waals surface area contributed by atoms with Crippen molar-refractivity contribution in [3.63, 3.8) is 0 Å². The van der Waals surface area contributed by atoms with Crippen molar-refractivity contribution in [2.45, 2.75) is 0 Å². The highest BCUT2D eigenvalue weighted by molar-refractivity contribution is 9.10. The maximum absolute atomic E-state index is 4.73. The fraction of sp³-hybridized carbons (Fsp3) is 0. The number of aromatic amines is 1. The van der Waals surface area contributed by atoms with Crippen LogP contribution in [0.1, 0.15) is 0 Å². The first-order chi connectivity index (χ1) is 11.3. The van der Waals surface area contributed by atoms with E-state index >= 15 is 0 Å². The molecule has 0 radical (unpaired) electrons. The van der Waals surface area contributed by atoms with Crippen molar-refractivity contribution in [1.29, 1.82) is 0 Å². The Morgan fingerprint density at radius 2 is 1.78 bits per heavy atom. The monoisotopic (exact) mass is 383 g/mol. The Kier molecular flexibility index (Phi) is 3.72. The number of halogens is 1. The van der Waals surface area contributed by atoms with Gasteiger partial charge in [0.05, 0.1) is 5.69 Å². The largest absolute Gasteiger partial charge is 0.239 e. The first-order valence-corrected chi connectivity index (χ1v) is 8.53. The maximum atomic E-state index is 4.73. The summed E-state index contributed by atoms with van der Waals surface area (Å²) in [5, 5.41) is 16.9. The summed E-state index contributed by atoms with van der Waals surface area (Å²) in [6.45, 7) is 0. The van der Waals surface area contributed by atoms with E-state index in [4.69, 9.17) is 4.98 Å². The second kappa shape index (κ2) is 6.02. The predicted molar refractivity (Wildman–Crippen MR) is 93.9 cm³/mol. The molecule has 2 heterocycles. The van der Waals surface area contributed by atoms with Crippen LogP contribution in [0, 0.1) is 0 Å². The predicted octanol–water partition coefficient (Wildman–Crippen LogP) is 4.42. The summed E-state index contributed by atoms with van der Waals surface area (Å²) in [6, 6.07) is 16.2. The van der Waals surface area contributed by atoms with Crippen molar-refractivity contribution < 1.29 is 0 Å². The van der Waals surface area contributed by atoms with Crippen molar-refractivity contribution in [1.82, 2.24) is 25.6 Å². The Bertz CT molecular complexity index is 931. The minimum atomic E-state index is 0.657. The molecule has 0 saturated heterocycles. The third-order valence-corrected chi connectivity index (χ3v) is 4.76. The molecule has 5 nitrogen and oxygen atoms in total. The van der Waals surface area contributed by atoms with E-state index in [2.05, 4.69) is 54.1 Å². The van der Waals surface area contributed by atoms with Gasteiger partial charge in [-0.25, -0.2) is 10.1 Å². The molecule has 0 atom stereocenters. The minimum Gasteiger partial charge on any atom is -0.239 e. The summed E-state index contributed by atoms with van der Waals surface area (Å²) in [7, 11) is 0. The first kappa shape index (κ1) is 14.2. The van der Waals surface area contributed by atoms with Crippen molar-refractivity contribution in [3.05, 3.63) is 58.4 Å². The Morgan fingerprint density at radius 3 is 2.52 bits per heavy atom. The van der Waals surface area contributed by atoms with E-state index in [1.54, 1.807) is 11.3 Å². The van der Waals surface area contributed by atoms with Crippen LogP contribution in [0.25, 0.3) is 33.2 Å². The number of nitrogens with zero attached hydrogens (tertiary/aromatic N) is 4. The van der Waals surface area contributed by atoms with Crippen LogP contribution in [-0.2, 0) is 0 Å². The molecule has 0 amide bonds. The fourth-order valence-electron chi connectivity index (χ4n) is 2.24. The van der Waals surface area contributed by atoms with E-state index in [0.29, 0.717) is 5.82 Å². The topological polar surface area (TPSA) is 67.3 Å². The summed E-state index contributed by atoms with van der Waals surface area (Å²) >= 11 is 5.13. The van der Waals surface area contributed by atoms with Gasteiger partial charge in [-0.2, -0.15) is 0 Å². The van der Waals surface area contributed by atoms with Gasteiger partial charge in [0.15, 0.2) is 5.82 Å². The normalized spacial score (nSPS) is 10.8. The van der Waals surface area contributed by atoms with Crippen molar-refractivity contribution in [2.75, 3.05) is 0 Å². The van der Waals surface area contributed by atoms with Crippen LogP contribution in [0.5, 0.6) is 0 Å². The van der Waals surface area contributed by atoms with E-state index in [-0.39, 0.29) is 0 Å². The van der Waals surface area contributed by atoms with Gasteiger partial charge in [0, 0.05) is 26.5 Å². The lowest BCUT2D eigenvalue weighted by Crippen LogP contribution is -1.83. The quantitative estimate of drug-likeness (QED) is 0.568. The highest BCUT2D eigenvalue weighted by Crippen LogP contribution is 2.30. The summed E-state index contributed by atoms with van der Waals surface area (Å²) in [5.41, 5.74) is 4.09. The molecular weight excluding hydrogens is 374 g/mol. The molecule has 2 aromatic carbocycles. The lowest BCUT2D eigenvalue weighted by Gasteiger charge is -1.99. The van der Waals surface area contributed by atoms with Gasteiger partial charge in [0.25, 0.3) is 0 Å². The highest BCUT2D eigenvalue weighted by Gasteiger charge is 2.08. The maximum Gasteiger partial charge on any atom is 0.179 e. The Hall–Kier alpha value is -2.38. The molecule has 0 aliphatic carbocycles. The lowest BCUT2D eigenvalue weighted by atomic mass is 10.1. The molecule has 7 heteroatoms. The van der Waals surface area contributed by atoms with Crippen molar-refractivity contribution in [2.24, 2.45) is 0 Å². The van der Waals surface area contributed by atoms with Gasteiger partial charge in [0.1, 0.15) is 5.01 Å². The molecule has 0 bridgehead atoms. The van der Waals surface area contributed by atoms with Gasteiger partial charge < -0.3 is 0 Å². The molecule has 4 aromatic rings. The van der Waals surface area contributed by atoms with Crippen LogP contribution in [0.3, 0.4) is 0 Å². The number of H-pyrrole nitrogens is 1. The number of nitrogens with one attached hydrogen (secondary N) is 1. The number of aromatic nitrogens is 5. The standard InChI is InChI=1S/C16H10BrN5S/c17-13-3-1-2-12(8-13)16-18-14(9-23-16)10-4-6-11(7-5-10)15-19-21-22-20-15/h1-9H,(H,19,20,21,22). The number of hydrogen-bond donors (Lipinski definition) is 1. The zero-order valence-corrected chi connectivity index (χ0v) is 14.2. The summed E-state index contributed by atoms with van der Waals surface area (Å²) in [6.07, 6.45) is 0. The molecule has 2 aromatic heterocycles. The third-order valence-electron chi connectivity index (χ3n) is 3.38. The van der Waals surface area contributed by atoms with Crippen LogP contribution in [0.4, 0.5) is 0 Å². The van der Waals surface area contributed by atoms with Crippen LogP contribution in [0.15, 0.2) is 58.4 Å². The van der Waals surface area contributed by atoms with Gasteiger partial charge >= 0.3 is 0 Å². The highest BCUT2D eigenvalue weighted by atomic mass is 79.9. The molecule has 0 saturated carbocycles. The smallest absolute Gasteiger partial charge is 0.179 e. The molecular formula is C16H10BrN5S. The van der Waals surface area contributed by atoms with Crippen LogP contribution in [-0.4, -0.2) is 25.6 Å². The molecule has 0 spiro atoms. The SMILES string of the molecule is Brc1cccc(-c2nc(-c3ccc(-c4nnn[nH]4)cc3)cs2)c1. The molecule has 0 aliphatic heterocycles. The van der Waals surface area contributed by atoms with Gasteiger partial charge in [-0.3, -0.25) is 0 Å². The van der Waals surface area contributed by atoms with Gasteiger partial charge in [-0.15, -0.1) is 16.4 Å². The van der Waals surface area contributed by atoms with E-state index in [9.17, 15) is 0 Å². The average Bonchev–Trinajstić information content (AvgIpc) is 3.27. The Labute approximate surface area is 144 Å². The van der Waals surface area contributed by atoms with Crippen molar-refractivity contribution >= 4 is 27.3 Å². The second-order valence-electron chi connectivity index (χ2n) is 4.88.